The molecule has 3 aromatic rings. The zero-order valence-corrected chi connectivity index (χ0v) is 26.9. The van der Waals surface area contributed by atoms with Gasteiger partial charge in [-0.15, -0.1) is 0 Å². The molecule has 13 heteroatoms. The van der Waals surface area contributed by atoms with Gasteiger partial charge in [-0.25, -0.2) is 23.8 Å². The summed E-state index contributed by atoms with van der Waals surface area (Å²) in [4.78, 5) is 34.5. The molecular formula is C34H42F2N8O3. The molecule has 11 nitrogen and oxygen atoms in total. The number of carbonyl (C=O) groups excluding carboxylic acids is 1. The second kappa shape index (κ2) is 14.6. The molecular weight excluding hydrogens is 606 g/mol. The van der Waals surface area contributed by atoms with Crippen LogP contribution in [0.15, 0.2) is 55.4 Å². The van der Waals surface area contributed by atoms with E-state index in [9.17, 15) is 13.6 Å². The molecule has 3 aliphatic heterocycles. The molecule has 2 N–H and O–H groups in total. The lowest BCUT2D eigenvalue weighted by molar-refractivity contribution is -0.111. The van der Waals surface area contributed by atoms with Crippen molar-refractivity contribution in [2.24, 2.45) is 0 Å². The summed E-state index contributed by atoms with van der Waals surface area (Å²) in [5.74, 6) is -0.195. The van der Waals surface area contributed by atoms with E-state index in [0.717, 1.165) is 70.4 Å². The number of nitrogens with one attached hydrogen (secondary N) is 2. The molecule has 2 aromatic carbocycles. The fourth-order valence-corrected chi connectivity index (χ4v) is 6.74. The highest BCUT2D eigenvalue weighted by molar-refractivity contribution is 6.02. The molecule has 250 valence electrons. The maximum Gasteiger partial charge on any atom is 0.247 e. The van der Waals surface area contributed by atoms with Crippen LogP contribution in [0.25, 0.3) is 0 Å². The molecule has 0 unspecified atom stereocenters. The van der Waals surface area contributed by atoms with E-state index in [1.165, 1.54) is 24.5 Å². The number of amides is 1. The Hall–Kier alpha value is -4.33. The van der Waals surface area contributed by atoms with Gasteiger partial charge in [-0.05, 0) is 49.2 Å². The molecule has 1 aromatic heterocycles. The van der Waals surface area contributed by atoms with Crippen LogP contribution >= 0.6 is 0 Å². The van der Waals surface area contributed by atoms with Gasteiger partial charge < -0.3 is 25.2 Å². The first-order valence-electron chi connectivity index (χ1n) is 16.2. The number of hydrogen-bond acceptors (Lipinski definition) is 10. The molecule has 0 spiro atoms. The van der Waals surface area contributed by atoms with E-state index < -0.39 is 17.7 Å². The van der Waals surface area contributed by atoms with Crippen LogP contribution in [0.5, 0.6) is 5.75 Å². The van der Waals surface area contributed by atoms with Crippen molar-refractivity contribution in [3.63, 3.8) is 0 Å². The van der Waals surface area contributed by atoms with Crippen LogP contribution in [-0.4, -0.2) is 91.2 Å². The Morgan fingerprint density at radius 1 is 1.00 bits per heavy atom. The van der Waals surface area contributed by atoms with E-state index in [-0.39, 0.29) is 5.91 Å². The molecule has 47 heavy (non-hydrogen) atoms. The Kier molecular flexibility index (Phi) is 10.1. The van der Waals surface area contributed by atoms with Crippen LogP contribution in [0.2, 0.25) is 0 Å². The fourth-order valence-electron chi connectivity index (χ4n) is 6.74. The summed E-state index contributed by atoms with van der Waals surface area (Å²) in [6, 6.07) is 9.02. The third-order valence-corrected chi connectivity index (χ3v) is 9.25. The van der Waals surface area contributed by atoms with E-state index in [2.05, 4.69) is 48.8 Å². The number of hydroxylamine groups is 1. The van der Waals surface area contributed by atoms with Crippen molar-refractivity contribution in [3.05, 3.63) is 72.6 Å². The Labute approximate surface area is 274 Å². The molecule has 0 saturated carbocycles. The van der Waals surface area contributed by atoms with Crippen LogP contribution in [0.3, 0.4) is 0 Å². The minimum Gasteiger partial charge on any atom is -0.494 e. The fraction of sp³-hybridized carbons (Fsp3) is 0.441. The Morgan fingerprint density at radius 3 is 2.43 bits per heavy atom. The summed E-state index contributed by atoms with van der Waals surface area (Å²) in [6.07, 6.45) is 5.24. The highest BCUT2D eigenvalue weighted by Gasteiger charge is 2.31. The number of halogens is 2. The SMILES string of the molecule is C=CC(=O)Nc1cc(Nc2cc(N3OCC[C@@H]3c3cc(F)cc(F)c3)ncn2)c(OC)cc1N1CCC(N2CCN(CC)CC2)CC1. The molecule has 3 aliphatic rings. The Morgan fingerprint density at radius 2 is 1.74 bits per heavy atom. The van der Waals surface area contributed by atoms with Gasteiger partial charge >= 0.3 is 0 Å². The number of nitrogens with zero attached hydrogens (tertiary/aromatic N) is 6. The van der Waals surface area contributed by atoms with Crippen molar-refractivity contribution < 1.29 is 23.1 Å². The van der Waals surface area contributed by atoms with Crippen molar-refractivity contribution in [2.75, 3.05) is 80.1 Å². The number of anilines is 5. The quantitative estimate of drug-likeness (QED) is 0.289. The van der Waals surface area contributed by atoms with Gasteiger partial charge in [-0.1, -0.05) is 13.5 Å². The number of piperazine rings is 1. The van der Waals surface area contributed by atoms with Crippen LogP contribution in [-0.2, 0) is 9.63 Å². The summed E-state index contributed by atoms with van der Waals surface area (Å²) in [5.41, 5.74) is 2.53. The smallest absolute Gasteiger partial charge is 0.247 e. The van der Waals surface area contributed by atoms with E-state index >= 15 is 0 Å². The average molecular weight is 649 g/mol. The van der Waals surface area contributed by atoms with Gasteiger partial charge in [0.05, 0.1) is 36.8 Å². The van der Waals surface area contributed by atoms with E-state index in [1.54, 1.807) is 18.2 Å². The lowest BCUT2D eigenvalue weighted by atomic mass is 10.0. The summed E-state index contributed by atoms with van der Waals surface area (Å²) in [7, 11) is 1.60. The highest BCUT2D eigenvalue weighted by atomic mass is 19.1. The van der Waals surface area contributed by atoms with Crippen LogP contribution < -0.4 is 25.3 Å². The summed E-state index contributed by atoms with van der Waals surface area (Å²) in [6.45, 7) is 13.5. The van der Waals surface area contributed by atoms with Gasteiger partial charge in [-0.3, -0.25) is 14.5 Å². The second-order valence-corrected chi connectivity index (χ2v) is 12.0. The van der Waals surface area contributed by atoms with E-state index in [1.807, 2.05) is 12.1 Å². The van der Waals surface area contributed by atoms with Gasteiger partial charge in [0.1, 0.15) is 29.5 Å². The zero-order valence-electron chi connectivity index (χ0n) is 26.9. The number of likely N-dealkylation sites (N-methyl/N-ethyl adjacent to an activating group) is 1. The molecule has 0 bridgehead atoms. The van der Waals surface area contributed by atoms with Crippen molar-refractivity contribution in [1.29, 1.82) is 0 Å². The number of benzene rings is 2. The molecule has 3 fully saturated rings. The van der Waals surface area contributed by atoms with Crippen LogP contribution in [0.1, 0.15) is 37.8 Å². The van der Waals surface area contributed by atoms with Crippen LogP contribution in [0, 0.1) is 11.6 Å². The molecule has 3 saturated heterocycles. The van der Waals surface area contributed by atoms with Gasteiger partial charge in [0.15, 0.2) is 5.82 Å². The van der Waals surface area contributed by atoms with Gasteiger partial charge in [0.25, 0.3) is 0 Å². The maximum absolute atomic E-state index is 14.0. The Bertz CT molecular complexity index is 1560. The molecule has 0 aliphatic carbocycles. The molecule has 1 amide bonds. The standard InChI is InChI=1S/C34H42F2N8O3/c1-4-34(45)40-27-19-28(31(46-3)20-30(27)43-9-6-26(7-10-43)42-13-11-41(5-2)12-14-42)39-32-21-33(38-22-37-32)44-29(8-15-47-44)23-16-24(35)18-25(36)17-23/h4,16-22,26,29H,1,5-15H2,2-3H3,(H,40,45)(H,37,38,39)/t29-/m1/s1. The third-order valence-electron chi connectivity index (χ3n) is 9.25. The first-order valence-corrected chi connectivity index (χ1v) is 16.2. The predicted molar refractivity (Wildman–Crippen MR) is 178 cm³/mol. The monoisotopic (exact) mass is 648 g/mol. The topological polar surface area (TPSA) is 98.3 Å². The highest BCUT2D eigenvalue weighted by Crippen LogP contribution is 2.40. The summed E-state index contributed by atoms with van der Waals surface area (Å²) < 4.78 is 33.8. The van der Waals surface area contributed by atoms with Gasteiger partial charge in [-0.2, -0.15) is 0 Å². The normalized spacial score (nSPS) is 19.5. The van der Waals surface area contributed by atoms with E-state index in [4.69, 9.17) is 9.57 Å². The molecule has 4 heterocycles. The number of ether oxygens (including phenoxy) is 1. The van der Waals surface area contributed by atoms with E-state index in [0.29, 0.717) is 53.4 Å². The van der Waals surface area contributed by atoms with Crippen molar-refractivity contribution >= 4 is 34.6 Å². The zero-order chi connectivity index (χ0) is 32.9. The first-order chi connectivity index (χ1) is 22.8. The predicted octanol–water partition coefficient (Wildman–Crippen LogP) is 5.12. The minimum absolute atomic E-state index is 0.318. The first kappa shape index (κ1) is 32.6. The van der Waals surface area contributed by atoms with Gasteiger partial charge in [0.2, 0.25) is 5.91 Å². The summed E-state index contributed by atoms with van der Waals surface area (Å²) in [5, 5.41) is 7.82. The number of aromatic nitrogens is 2. The van der Waals surface area contributed by atoms with Gasteiger partial charge in [0, 0.05) is 69.9 Å². The van der Waals surface area contributed by atoms with Crippen molar-refractivity contribution in [2.45, 2.75) is 38.3 Å². The molecule has 0 radical (unpaired) electrons. The number of piperidine rings is 1. The van der Waals surface area contributed by atoms with Crippen LogP contribution in [0.4, 0.5) is 37.5 Å². The largest absolute Gasteiger partial charge is 0.494 e. The maximum atomic E-state index is 14.0. The van der Waals surface area contributed by atoms with Crippen molar-refractivity contribution in [3.8, 4) is 5.75 Å². The molecule has 1 atom stereocenters. The number of rotatable bonds is 10. The Balaban J connectivity index is 1.21. The lowest BCUT2D eigenvalue weighted by Gasteiger charge is -2.43. The molecule has 6 rings (SSSR count). The minimum atomic E-state index is -0.651. The lowest BCUT2D eigenvalue weighted by Crippen LogP contribution is -2.53. The second-order valence-electron chi connectivity index (χ2n) is 12.0. The number of hydrogen-bond donors (Lipinski definition) is 2. The third kappa shape index (κ3) is 7.47. The number of methoxy groups -OCH3 is 1. The van der Waals surface area contributed by atoms with Crippen molar-refractivity contribution in [1.82, 2.24) is 19.8 Å². The summed E-state index contributed by atoms with van der Waals surface area (Å²) >= 11 is 0. The average Bonchev–Trinajstić information content (AvgIpc) is 3.59. The number of carbonyl (C=O) groups is 1.